The van der Waals surface area contributed by atoms with Crippen LogP contribution in [-0.4, -0.2) is 78.3 Å². The van der Waals surface area contributed by atoms with Crippen LogP contribution in [0.4, 0.5) is 0 Å². The summed E-state index contributed by atoms with van der Waals surface area (Å²) in [5.41, 5.74) is 0. The average molecular weight is 445 g/mol. The lowest BCUT2D eigenvalue weighted by Gasteiger charge is -2.41. The fraction of sp³-hybridized carbons (Fsp3) is 0.909. The number of ether oxygens (including phenoxy) is 5. The van der Waals surface area contributed by atoms with E-state index < -0.39 is 42.6 Å². The van der Waals surface area contributed by atoms with E-state index in [0.29, 0.717) is 19.4 Å². The Morgan fingerprint density at radius 3 is 2.29 bits per heavy atom. The Morgan fingerprint density at radius 2 is 1.55 bits per heavy atom. The number of hydrogen-bond acceptors (Lipinski definition) is 9. The molecule has 2 N–H and O–H groups in total. The van der Waals surface area contributed by atoms with Crippen molar-refractivity contribution in [1.29, 1.82) is 0 Å². The third-order valence-electron chi connectivity index (χ3n) is 6.05. The van der Waals surface area contributed by atoms with Crippen LogP contribution in [0.3, 0.4) is 0 Å². The van der Waals surface area contributed by atoms with Crippen molar-refractivity contribution in [3.05, 3.63) is 0 Å². The number of aliphatic hydroxyl groups is 2. The summed E-state index contributed by atoms with van der Waals surface area (Å²) < 4.78 is 27.6. The number of cyclic esters (lactones) is 1. The molecule has 9 nitrogen and oxygen atoms in total. The highest BCUT2D eigenvalue weighted by Crippen LogP contribution is 2.32. The molecule has 0 radical (unpaired) electrons. The molecule has 0 amide bonds. The lowest BCUT2D eigenvalue weighted by atomic mass is 9.99. The molecule has 0 bridgehead atoms. The van der Waals surface area contributed by atoms with Gasteiger partial charge < -0.3 is 33.9 Å². The van der Waals surface area contributed by atoms with E-state index >= 15 is 0 Å². The maximum Gasteiger partial charge on any atom is 0.306 e. The minimum absolute atomic E-state index is 0.0354. The van der Waals surface area contributed by atoms with E-state index in [1.807, 2.05) is 0 Å². The van der Waals surface area contributed by atoms with Gasteiger partial charge in [-0.15, -0.1) is 0 Å². The zero-order valence-electron chi connectivity index (χ0n) is 18.3. The van der Waals surface area contributed by atoms with Gasteiger partial charge in [0.2, 0.25) is 0 Å². The predicted octanol–water partition coefficient (Wildman–Crippen LogP) is 1.61. The summed E-state index contributed by atoms with van der Waals surface area (Å²) >= 11 is 0. The molecule has 9 heteroatoms. The van der Waals surface area contributed by atoms with Gasteiger partial charge in [0.05, 0.1) is 12.2 Å². The first-order chi connectivity index (χ1) is 15.0. The Labute approximate surface area is 183 Å². The normalized spacial score (nSPS) is 36.7. The SMILES string of the molecule is CCCCCCCCO[C@H]1O[C@@H]2COC(=O)CC[C@H]3O[C@@H]3CCC(=O)O[C@H]2[C@H](O)[C@H]1O. The second-order valence-electron chi connectivity index (χ2n) is 8.59. The molecule has 0 spiro atoms. The topological polar surface area (TPSA) is 124 Å². The van der Waals surface area contributed by atoms with Gasteiger partial charge >= 0.3 is 11.9 Å². The first kappa shape index (κ1) is 24.4. The highest BCUT2D eigenvalue weighted by molar-refractivity contribution is 5.70. The first-order valence-electron chi connectivity index (χ1n) is 11.6. The van der Waals surface area contributed by atoms with Crippen molar-refractivity contribution in [2.45, 2.75) is 114 Å². The molecule has 7 atom stereocenters. The first-order valence-corrected chi connectivity index (χ1v) is 11.6. The summed E-state index contributed by atoms with van der Waals surface area (Å²) in [6, 6.07) is 0. The number of esters is 2. The summed E-state index contributed by atoms with van der Waals surface area (Å²) in [5.74, 6) is -0.927. The summed E-state index contributed by atoms with van der Waals surface area (Å²) in [6.07, 6.45) is 1.85. The molecule has 0 unspecified atom stereocenters. The van der Waals surface area contributed by atoms with Gasteiger partial charge in [0.15, 0.2) is 12.4 Å². The van der Waals surface area contributed by atoms with Gasteiger partial charge in [0.25, 0.3) is 0 Å². The Kier molecular flexibility index (Phi) is 9.52. The monoisotopic (exact) mass is 444 g/mol. The molecule has 3 heterocycles. The van der Waals surface area contributed by atoms with Crippen LogP contribution < -0.4 is 0 Å². The van der Waals surface area contributed by atoms with Crippen molar-refractivity contribution < 1.29 is 43.5 Å². The van der Waals surface area contributed by atoms with E-state index in [2.05, 4.69) is 6.92 Å². The van der Waals surface area contributed by atoms with Gasteiger partial charge in [0, 0.05) is 19.4 Å². The molecule has 3 fully saturated rings. The summed E-state index contributed by atoms with van der Waals surface area (Å²) in [6.45, 7) is 2.34. The van der Waals surface area contributed by atoms with Crippen LogP contribution >= 0.6 is 0 Å². The maximum absolute atomic E-state index is 12.3. The van der Waals surface area contributed by atoms with Crippen LogP contribution in [0.2, 0.25) is 0 Å². The number of carbonyl (C=O) groups is 2. The van der Waals surface area contributed by atoms with Crippen molar-refractivity contribution in [2.24, 2.45) is 0 Å². The smallest absolute Gasteiger partial charge is 0.306 e. The van der Waals surface area contributed by atoms with Crippen LogP contribution in [0.25, 0.3) is 0 Å². The molecule has 31 heavy (non-hydrogen) atoms. The number of carbonyl (C=O) groups excluding carboxylic acids is 2. The number of epoxide rings is 1. The number of fused-ring (bicyclic) bond motifs is 2. The zero-order valence-corrected chi connectivity index (χ0v) is 18.3. The van der Waals surface area contributed by atoms with Gasteiger partial charge in [0.1, 0.15) is 24.9 Å². The highest BCUT2D eigenvalue weighted by atomic mass is 16.7. The van der Waals surface area contributed by atoms with Crippen LogP contribution in [0, 0.1) is 0 Å². The van der Waals surface area contributed by atoms with Crippen LogP contribution in [0.15, 0.2) is 0 Å². The fourth-order valence-electron chi connectivity index (χ4n) is 4.07. The number of rotatable bonds is 8. The Bertz CT molecular complexity index is 583. The Morgan fingerprint density at radius 1 is 0.871 bits per heavy atom. The van der Waals surface area contributed by atoms with Crippen LogP contribution in [-0.2, 0) is 33.3 Å². The summed E-state index contributed by atoms with van der Waals surface area (Å²) in [7, 11) is 0. The lowest BCUT2D eigenvalue weighted by Crippen LogP contribution is -2.60. The molecule has 178 valence electrons. The molecule has 3 aliphatic rings. The van der Waals surface area contributed by atoms with E-state index in [1.165, 1.54) is 19.3 Å². The second kappa shape index (κ2) is 12.1. The molecule has 0 aromatic carbocycles. The summed E-state index contributed by atoms with van der Waals surface area (Å²) in [5, 5.41) is 21.0. The molecule has 0 aliphatic carbocycles. The van der Waals surface area contributed by atoms with Gasteiger partial charge in [-0.25, -0.2) is 0 Å². The van der Waals surface area contributed by atoms with E-state index in [0.717, 1.165) is 19.3 Å². The lowest BCUT2D eigenvalue weighted by molar-refractivity contribution is -0.304. The number of hydrogen-bond donors (Lipinski definition) is 2. The fourth-order valence-corrected chi connectivity index (χ4v) is 4.07. The summed E-state index contributed by atoms with van der Waals surface area (Å²) in [4.78, 5) is 24.3. The molecule has 0 aromatic heterocycles. The molecular formula is C22H36O9. The van der Waals surface area contributed by atoms with E-state index in [-0.39, 0.29) is 31.7 Å². The van der Waals surface area contributed by atoms with Gasteiger partial charge in [-0.2, -0.15) is 0 Å². The average Bonchev–Trinajstić information content (AvgIpc) is 3.51. The molecule has 3 saturated heterocycles. The van der Waals surface area contributed by atoms with Crippen molar-refractivity contribution in [3.8, 4) is 0 Å². The van der Waals surface area contributed by atoms with Crippen molar-refractivity contribution in [1.82, 2.24) is 0 Å². The third kappa shape index (κ3) is 7.39. The van der Waals surface area contributed by atoms with Crippen molar-refractivity contribution in [2.75, 3.05) is 13.2 Å². The van der Waals surface area contributed by atoms with E-state index in [9.17, 15) is 19.8 Å². The Hall–Kier alpha value is -1.26. The minimum Gasteiger partial charge on any atom is -0.463 e. The van der Waals surface area contributed by atoms with Crippen LogP contribution in [0.5, 0.6) is 0 Å². The number of aliphatic hydroxyl groups excluding tert-OH is 2. The van der Waals surface area contributed by atoms with Crippen LogP contribution in [0.1, 0.15) is 71.1 Å². The second-order valence-corrected chi connectivity index (χ2v) is 8.59. The van der Waals surface area contributed by atoms with E-state index in [1.54, 1.807) is 0 Å². The minimum atomic E-state index is -1.41. The highest BCUT2D eigenvalue weighted by Gasteiger charge is 2.48. The standard InChI is InChI=1S/C22H36O9/c1-2-3-4-5-6-7-12-27-22-20(26)19(25)21-16(30-22)13-28-17(23)10-8-14-15(29-14)9-11-18(24)31-21/h14-16,19-22,25-26H,2-13H2,1H3/t14-,15-,16-,19-,20-,21-,22+/m1/s1. The predicted molar refractivity (Wildman–Crippen MR) is 108 cm³/mol. The van der Waals surface area contributed by atoms with Crippen molar-refractivity contribution >= 4 is 11.9 Å². The maximum atomic E-state index is 12.3. The quantitative estimate of drug-likeness (QED) is 0.326. The number of unbranched alkanes of at least 4 members (excludes halogenated alkanes) is 5. The van der Waals surface area contributed by atoms with E-state index in [4.69, 9.17) is 23.7 Å². The van der Waals surface area contributed by atoms with Gasteiger partial charge in [-0.3, -0.25) is 9.59 Å². The zero-order chi connectivity index (χ0) is 22.2. The Balaban J connectivity index is 1.54. The van der Waals surface area contributed by atoms with Gasteiger partial charge in [-0.1, -0.05) is 39.0 Å². The van der Waals surface area contributed by atoms with Gasteiger partial charge in [-0.05, 0) is 19.3 Å². The molecule has 0 aromatic rings. The molecule has 3 rings (SSSR count). The molecular weight excluding hydrogens is 408 g/mol. The molecule has 0 saturated carbocycles. The van der Waals surface area contributed by atoms with Crippen molar-refractivity contribution in [3.63, 3.8) is 0 Å². The largest absolute Gasteiger partial charge is 0.463 e. The third-order valence-corrected chi connectivity index (χ3v) is 6.05. The molecule has 3 aliphatic heterocycles.